The summed E-state index contributed by atoms with van der Waals surface area (Å²) in [5.41, 5.74) is 2.37. The van der Waals surface area contributed by atoms with Crippen LogP contribution in [0.25, 0.3) is 0 Å². The first-order valence-electron chi connectivity index (χ1n) is 6.06. The highest BCUT2D eigenvalue weighted by molar-refractivity contribution is 5.87. The number of aromatic amines is 2. The van der Waals surface area contributed by atoms with Crippen molar-refractivity contribution in [1.82, 2.24) is 9.97 Å². The molecule has 2 heterocycles. The molecule has 0 aliphatic carbocycles. The van der Waals surface area contributed by atoms with Gasteiger partial charge in [0.2, 0.25) is 0 Å². The first-order chi connectivity index (χ1) is 8.55. The molecule has 0 spiro atoms. The second-order valence-electron chi connectivity index (χ2n) is 4.71. The van der Waals surface area contributed by atoms with E-state index in [9.17, 15) is 4.79 Å². The molecule has 0 aromatic carbocycles. The molecule has 2 rings (SSSR count). The standard InChI is InChI=1S/C14H18N2O2/c1-4-18-13(17)10-7-8-12(16-10)14(2,3)11-6-5-9-15-11/h5-9,15-16H,4H2,1-3H3. The SMILES string of the molecule is CCOC(=O)c1ccc(C(C)(C)c2ccc[nH]2)[nH]1. The van der Waals surface area contributed by atoms with Gasteiger partial charge in [0.1, 0.15) is 5.69 Å². The molecule has 2 aromatic heterocycles. The number of carbonyl (C=O) groups excluding carboxylic acids is 1. The molecule has 0 radical (unpaired) electrons. The minimum Gasteiger partial charge on any atom is -0.461 e. The van der Waals surface area contributed by atoms with Crippen LogP contribution in [0.5, 0.6) is 0 Å². The van der Waals surface area contributed by atoms with E-state index >= 15 is 0 Å². The van der Waals surface area contributed by atoms with Crippen LogP contribution in [0, 0.1) is 0 Å². The Balaban J connectivity index is 2.27. The van der Waals surface area contributed by atoms with Crippen LogP contribution in [0.2, 0.25) is 0 Å². The van der Waals surface area contributed by atoms with Crippen molar-refractivity contribution in [3.8, 4) is 0 Å². The van der Waals surface area contributed by atoms with Crippen molar-refractivity contribution in [2.24, 2.45) is 0 Å². The lowest BCUT2D eigenvalue weighted by atomic mass is 9.86. The quantitative estimate of drug-likeness (QED) is 0.815. The fourth-order valence-electron chi connectivity index (χ4n) is 1.95. The summed E-state index contributed by atoms with van der Waals surface area (Å²) in [4.78, 5) is 17.9. The summed E-state index contributed by atoms with van der Waals surface area (Å²) in [5.74, 6) is -0.314. The number of rotatable bonds is 4. The van der Waals surface area contributed by atoms with Gasteiger partial charge in [-0.05, 0) is 45.0 Å². The van der Waals surface area contributed by atoms with Crippen molar-refractivity contribution >= 4 is 5.97 Å². The smallest absolute Gasteiger partial charge is 0.354 e. The molecule has 2 N–H and O–H groups in total. The van der Waals surface area contributed by atoms with E-state index in [1.54, 1.807) is 13.0 Å². The Morgan fingerprint density at radius 1 is 1.28 bits per heavy atom. The summed E-state index contributed by atoms with van der Waals surface area (Å²) in [6.07, 6.45) is 1.90. The monoisotopic (exact) mass is 246 g/mol. The van der Waals surface area contributed by atoms with Gasteiger partial charge in [0.25, 0.3) is 0 Å². The molecule has 96 valence electrons. The van der Waals surface area contributed by atoms with Crippen molar-refractivity contribution in [3.63, 3.8) is 0 Å². The molecule has 0 aliphatic rings. The Hall–Kier alpha value is -1.97. The highest BCUT2D eigenvalue weighted by atomic mass is 16.5. The van der Waals surface area contributed by atoms with Crippen LogP contribution >= 0.6 is 0 Å². The Morgan fingerprint density at radius 2 is 2.06 bits per heavy atom. The van der Waals surface area contributed by atoms with Gasteiger partial charge < -0.3 is 14.7 Å². The summed E-state index contributed by atoms with van der Waals surface area (Å²) in [6.45, 7) is 6.37. The minimum absolute atomic E-state index is 0.200. The highest BCUT2D eigenvalue weighted by Crippen LogP contribution is 2.29. The van der Waals surface area contributed by atoms with Gasteiger partial charge in [-0.15, -0.1) is 0 Å². The molecule has 4 nitrogen and oxygen atoms in total. The van der Waals surface area contributed by atoms with E-state index in [1.807, 2.05) is 24.4 Å². The molecular weight excluding hydrogens is 228 g/mol. The van der Waals surface area contributed by atoms with Crippen LogP contribution < -0.4 is 0 Å². The second-order valence-corrected chi connectivity index (χ2v) is 4.71. The maximum absolute atomic E-state index is 11.6. The van der Waals surface area contributed by atoms with Crippen molar-refractivity contribution in [3.05, 3.63) is 47.5 Å². The summed E-state index contributed by atoms with van der Waals surface area (Å²) in [6, 6.07) is 7.68. The van der Waals surface area contributed by atoms with Crippen molar-refractivity contribution < 1.29 is 9.53 Å². The Bertz CT molecular complexity index is 524. The average Bonchev–Trinajstić information content (AvgIpc) is 3.01. The van der Waals surface area contributed by atoms with Gasteiger partial charge in [0.15, 0.2) is 0 Å². The van der Waals surface area contributed by atoms with Crippen LogP contribution in [0.15, 0.2) is 30.5 Å². The number of aromatic nitrogens is 2. The number of ether oxygens (including phenoxy) is 1. The van der Waals surface area contributed by atoms with Crippen LogP contribution in [-0.4, -0.2) is 22.5 Å². The van der Waals surface area contributed by atoms with E-state index in [4.69, 9.17) is 4.74 Å². The lowest BCUT2D eigenvalue weighted by Crippen LogP contribution is -2.20. The summed E-state index contributed by atoms with van der Waals surface area (Å²) >= 11 is 0. The third kappa shape index (κ3) is 2.18. The van der Waals surface area contributed by atoms with Gasteiger partial charge >= 0.3 is 5.97 Å². The molecule has 0 aliphatic heterocycles. The second kappa shape index (κ2) is 4.72. The maximum Gasteiger partial charge on any atom is 0.354 e. The minimum atomic E-state index is -0.314. The molecule has 0 bridgehead atoms. The van der Waals surface area contributed by atoms with Gasteiger partial charge in [-0.1, -0.05) is 0 Å². The third-order valence-corrected chi connectivity index (χ3v) is 3.13. The van der Waals surface area contributed by atoms with Gasteiger partial charge in [0, 0.05) is 23.0 Å². The number of H-pyrrole nitrogens is 2. The highest BCUT2D eigenvalue weighted by Gasteiger charge is 2.26. The third-order valence-electron chi connectivity index (χ3n) is 3.13. The van der Waals surface area contributed by atoms with E-state index in [2.05, 4.69) is 23.8 Å². The number of hydrogen-bond acceptors (Lipinski definition) is 2. The predicted molar refractivity (Wildman–Crippen MR) is 69.7 cm³/mol. The largest absolute Gasteiger partial charge is 0.461 e. The number of hydrogen-bond donors (Lipinski definition) is 2. The fourth-order valence-corrected chi connectivity index (χ4v) is 1.95. The lowest BCUT2D eigenvalue weighted by molar-refractivity contribution is 0.0520. The molecule has 2 aromatic rings. The average molecular weight is 246 g/mol. The fraction of sp³-hybridized carbons (Fsp3) is 0.357. The molecular formula is C14H18N2O2. The summed E-state index contributed by atoms with van der Waals surface area (Å²) in [7, 11) is 0. The predicted octanol–water partition coefficient (Wildman–Crippen LogP) is 2.85. The zero-order valence-corrected chi connectivity index (χ0v) is 10.9. The number of esters is 1. The van der Waals surface area contributed by atoms with E-state index in [0.717, 1.165) is 11.4 Å². The van der Waals surface area contributed by atoms with Crippen molar-refractivity contribution in [2.75, 3.05) is 6.61 Å². The molecule has 0 fully saturated rings. The molecule has 0 amide bonds. The van der Waals surface area contributed by atoms with Crippen LogP contribution in [0.4, 0.5) is 0 Å². The van der Waals surface area contributed by atoms with Crippen LogP contribution in [-0.2, 0) is 10.2 Å². The van der Waals surface area contributed by atoms with Gasteiger partial charge in [-0.25, -0.2) is 4.79 Å². The topological polar surface area (TPSA) is 57.9 Å². The van der Waals surface area contributed by atoms with E-state index in [-0.39, 0.29) is 11.4 Å². The van der Waals surface area contributed by atoms with Crippen molar-refractivity contribution in [1.29, 1.82) is 0 Å². The Kier molecular flexibility index (Phi) is 3.28. The molecule has 18 heavy (non-hydrogen) atoms. The first-order valence-corrected chi connectivity index (χ1v) is 6.06. The van der Waals surface area contributed by atoms with E-state index < -0.39 is 0 Å². The zero-order chi connectivity index (χ0) is 13.2. The normalized spacial score (nSPS) is 11.5. The summed E-state index contributed by atoms with van der Waals surface area (Å²) < 4.78 is 4.97. The van der Waals surface area contributed by atoms with Crippen LogP contribution in [0.3, 0.4) is 0 Å². The Morgan fingerprint density at radius 3 is 2.67 bits per heavy atom. The van der Waals surface area contributed by atoms with Gasteiger partial charge in [0.05, 0.1) is 6.61 Å². The lowest BCUT2D eigenvalue weighted by Gasteiger charge is -2.22. The van der Waals surface area contributed by atoms with Gasteiger partial charge in [-0.3, -0.25) is 0 Å². The number of nitrogens with one attached hydrogen (secondary N) is 2. The van der Waals surface area contributed by atoms with E-state index in [1.165, 1.54) is 0 Å². The first kappa shape index (κ1) is 12.5. The number of carbonyl (C=O) groups is 1. The molecule has 0 unspecified atom stereocenters. The maximum atomic E-state index is 11.6. The van der Waals surface area contributed by atoms with Crippen LogP contribution in [0.1, 0.15) is 42.6 Å². The molecule has 4 heteroatoms. The Labute approximate surface area is 106 Å². The molecule has 0 atom stereocenters. The molecule has 0 saturated heterocycles. The molecule has 0 saturated carbocycles. The van der Waals surface area contributed by atoms with Crippen molar-refractivity contribution in [2.45, 2.75) is 26.2 Å². The summed E-state index contributed by atoms with van der Waals surface area (Å²) in [5, 5.41) is 0. The van der Waals surface area contributed by atoms with E-state index in [0.29, 0.717) is 12.3 Å². The zero-order valence-electron chi connectivity index (χ0n) is 10.9. The van der Waals surface area contributed by atoms with Gasteiger partial charge in [-0.2, -0.15) is 0 Å².